The number of hydrogen-bond donors (Lipinski definition) is 2. The molecule has 106 valence electrons. The van der Waals surface area contributed by atoms with E-state index in [0.717, 1.165) is 22.0 Å². The number of aromatic amines is 1. The van der Waals surface area contributed by atoms with Crippen LogP contribution in [-0.2, 0) is 6.54 Å². The first kappa shape index (κ1) is 14.1. The van der Waals surface area contributed by atoms with Gasteiger partial charge in [0, 0.05) is 26.2 Å². The van der Waals surface area contributed by atoms with Crippen LogP contribution < -0.4 is 10.9 Å². The van der Waals surface area contributed by atoms with Gasteiger partial charge in [-0.15, -0.1) is 0 Å². The zero-order chi connectivity index (χ0) is 14.9. The molecule has 1 heterocycles. The van der Waals surface area contributed by atoms with Crippen LogP contribution in [0.3, 0.4) is 0 Å². The first-order chi connectivity index (χ1) is 9.38. The number of nitrogens with one attached hydrogen (secondary N) is 2. The molecule has 0 saturated heterocycles. The standard InChI is InChI=1S/C15H19N3O2/c1-9-5-10(2)13-11(6-9)7-12(14(19)17-13)8-16-15(20)18(3)4/h5-7H,8H2,1-4H3,(H,16,20)(H,17,19). The summed E-state index contributed by atoms with van der Waals surface area (Å²) in [4.78, 5) is 27.9. The Morgan fingerprint density at radius 1 is 1.25 bits per heavy atom. The van der Waals surface area contributed by atoms with Crippen molar-refractivity contribution in [1.29, 1.82) is 0 Å². The lowest BCUT2D eigenvalue weighted by molar-refractivity contribution is 0.217. The molecule has 20 heavy (non-hydrogen) atoms. The van der Waals surface area contributed by atoms with Crippen molar-refractivity contribution < 1.29 is 4.79 Å². The number of H-pyrrole nitrogens is 1. The number of rotatable bonds is 2. The minimum absolute atomic E-state index is 0.163. The molecule has 0 aliphatic rings. The van der Waals surface area contributed by atoms with Crippen molar-refractivity contribution in [3.8, 4) is 0 Å². The summed E-state index contributed by atoms with van der Waals surface area (Å²) in [6, 6.07) is 5.68. The summed E-state index contributed by atoms with van der Waals surface area (Å²) in [5, 5.41) is 3.68. The third-order valence-corrected chi connectivity index (χ3v) is 3.21. The van der Waals surface area contributed by atoms with E-state index in [2.05, 4.69) is 10.3 Å². The summed E-state index contributed by atoms with van der Waals surface area (Å²) in [6.07, 6.45) is 0. The topological polar surface area (TPSA) is 65.2 Å². The van der Waals surface area contributed by atoms with Gasteiger partial charge in [0.05, 0.1) is 5.52 Å². The van der Waals surface area contributed by atoms with Crippen LogP contribution in [0.1, 0.15) is 16.7 Å². The van der Waals surface area contributed by atoms with Crippen LogP contribution in [0.15, 0.2) is 23.0 Å². The number of benzene rings is 1. The Bertz CT molecular complexity index is 717. The van der Waals surface area contributed by atoms with E-state index in [1.807, 2.05) is 32.0 Å². The minimum Gasteiger partial charge on any atom is -0.334 e. The lowest BCUT2D eigenvalue weighted by Gasteiger charge is -2.12. The first-order valence-electron chi connectivity index (χ1n) is 6.47. The second-order valence-electron chi connectivity index (χ2n) is 5.22. The number of aromatic nitrogens is 1. The van der Waals surface area contributed by atoms with Crippen LogP contribution >= 0.6 is 0 Å². The molecule has 0 spiro atoms. The molecular weight excluding hydrogens is 254 g/mol. The van der Waals surface area contributed by atoms with E-state index in [9.17, 15) is 9.59 Å². The van der Waals surface area contributed by atoms with E-state index in [4.69, 9.17) is 0 Å². The maximum atomic E-state index is 12.0. The van der Waals surface area contributed by atoms with Crippen molar-refractivity contribution in [1.82, 2.24) is 15.2 Å². The Balaban J connectivity index is 2.38. The summed E-state index contributed by atoms with van der Waals surface area (Å²) in [5.74, 6) is 0. The van der Waals surface area contributed by atoms with Crippen molar-refractivity contribution in [2.24, 2.45) is 0 Å². The number of hydrogen-bond acceptors (Lipinski definition) is 2. The van der Waals surface area contributed by atoms with E-state index in [-0.39, 0.29) is 18.1 Å². The molecule has 2 rings (SSSR count). The van der Waals surface area contributed by atoms with E-state index in [1.54, 1.807) is 14.1 Å². The third kappa shape index (κ3) is 2.82. The summed E-state index contributed by atoms with van der Waals surface area (Å²) >= 11 is 0. The van der Waals surface area contributed by atoms with Crippen LogP contribution in [0.5, 0.6) is 0 Å². The Labute approximate surface area is 117 Å². The fourth-order valence-electron chi connectivity index (χ4n) is 2.19. The Morgan fingerprint density at radius 2 is 1.95 bits per heavy atom. The number of amides is 2. The van der Waals surface area contributed by atoms with Crippen LogP contribution in [-0.4, -0.2) is 30.0 Å². The molecule has 0 atom stereocenters. The average molecular weight is 273 g/mol. The highest BCUT2D eigenvalue weighted by molar-refractivity contribution is 5.83. The van der Waals surface area contributed by atoms with Gasteiger partial charge in [0.15, 0.2) is 0 Å². The number of nitrogens with zero attached hydrogens (tertiary/aromatic N) is 1. The first-order valence-corrected chi connectivity index (χ1v) is 6.47. The lowest BCUT2D eigenvalue weighted by Crippen LogP contribution is -2.35. The molecule has 2 N–H and O–H groups in total. The van der Waals surface area contributed by atoms with E-state index < -0.39 is 0 Å². The molecule has 0 aliphatic heterocycles. The van der Waals surface area contributed by atoms with E-state index in [0.29, 0.717) is 5.56 Å². The number of carbonyl (C=O) groups excluding carboxylic acids is 1. The van der Waals surface area contributed by atoms with Crippen LogP contribution in [0.4, 0.5) is 4.79 Å². The molecule has 1 aromatic heterocycles. The number of carbonyl (C=O) groups is 1. The van der Waals surface area contributed by atoms with Crippen molar-refractivity contribution in [2.75, 3.05) is 14.1 Å². The molecule has 0 radical (unpaired) electrons. The molecule has 0 bridgehead atoms. The van der Waals surface area contributed by atoms with Gasteiger partial charge in [0.2, 0.25) is 0 Å². The monoisotopic (exact) mass is 273 g/mol. The fourth-order valence-corrected chi connectivity index (χ4v) is 2.19. The molecule has 0 fully saturated rings. The predicted molar refractivity (Wildman–Crippen MR) is 80.0 cm³/mol. The molecule has 0 aliphatic carbocycles. The lowest BCUT2D eigenvalue weighted by atomic mass is 10.1. The maximum absolute atomic E-state index is 12.0. The van der Waals surface area contributed by atoms with Gasteiger partial charge in [-0.1, -0.05) is 11.6 Å². The van der Waals surface area contributed by atoms with Crippen molar-refractivity contribution >= 4 is 16.9 Å². The number of fused-ring (bicyclic) bond motifs is 1. The van der Waals surface area contributed by atoms with Gasteiger partial charge in [-0.2, -0.15) is 0 Å². The van der Waals surface area contributed by atoms with Gasteiger partial charge in [-0.25, -0.2) is 4.79 Å². The van der Waals surface area contributed by atoms with Gasteiger partial charge in [-0.05, 0) is 36.9 Å². The van der Waals surface area contributed by atoms with Gasteiger partial charge < -0.3 is 15.2 Å². The predicted octanol–water partition coefficient (Wildman–Crippen LogP) is 1.92. The largest absolute Gasteiger partial charge is 0.334 e. The normalized spacial score (nSPS) is 10.6. The van der Waals surface area contributed by atoms with Crippen molar-refractivity contribution in [2.45, 2.75) is 20.4 Å². The van der Waals surface area contributed by atoms with Crippen LogP contribution in [0, 0.1) is 13.8 Å². The molecule has 5 heteroatoms. The Kier molecular flexibility index (Phi) is 3.79. The molecule has 1 aromatic carbocycles. The molecule has 5 nitrogen and oxygen atoms in total. The summed E-state index contributed by atoms with van der Waals surface area (Å²) in [5.41, 5.74) is 3.43. The molecular formula is C15H19N3O2. The van der Waals surface area contributed by atoms with Crippen molar-refractivity contribution in [3.63, 3.8) is 0 Å². The van der Waals surface area contributed by atoms with Crippen molar-refractivity contribution in [3.05, 3.63) is 45.2 Å². The number of aryl methyl sites for hydroxylation is 2. The summed E-state index contributed by atoms with van der Waals surface area (Å²) < 4.78 is 0. The van der Waals surface area contributed by atoms with Crippen LogP contribution in [0.2, 0.25) is 0 Å². The molecule has 2 aromatic rings. The van der Waals surface area contributed by atoms with Gasteiger partial charge in [0.1, 0.15) is 0 Å². The second-order valence-corrected chi connectivity index (χ2v) is 5.22. The third-order valence-electron chi connectivity index (χ3n) is 3.21. The second kappa shape index (κ2) is 5.36. The average Bonchev–Trinajstić information content (AvgIpc) is 2.36. The Morgan fingerprint density at radius 3 is 2.60 bits per heavy atom. The molecule has 0 unspecified atom stereocenters. The number of pyridine rings is 1. The van der Waals surface area contributed by atoms with Gasteiger partial charge >= 0.3 is 6.03 Å². The highest BCUT2D eigenvalue weighted by atomic mass is 16.2. The molecule has 2 amide bonds. The Hall–Kier alpha value is -2.30. The SMILES string of the molecule is Cc1cc(C)c2[nH]c(=O)c(CNC(=O)N(C)C)cc2c1. The highest BCUT2D eigenvalue weighted by Gasteiger charge is 2.08. The quantitative estimate of drug-likeness (QED) is 0.878. The van der Waals surface area contributed by atoms with E-state index >= 15 is 0 Å². The summed E-state index contributed by atoms with van der Waals surface area (Å²) in [7, 11) is 3.32. The smallest absolute Gasteiger partial charge is 0.317 e. The number of urea groups is 1. The highest BCUT2D eigenvalue weighted by Crippen LogP contribution is 2.17. The minimum atomic E-state index is -0.218. The van der Waals surface area contributed by atoms with Gasteiger partial charge in [-0.3, -0.25) is 4.79 Å². The fraction of sp³-hybridized carbons (Fsp3) is 0.333. The van der Waals surface area contributed by atoms with E-state index in [1.165, 1.54) is 4.90 Å². The van der Waals surface area contributed by atoms with Gasteiger partial charge in [0.25, 0.3) is 5.56 Å². The zero-order valence-corrected chi connectivity index (χ0v) is 12.2. The summed E-state index contributed by atoms with van der Waals surface area (Å²) in [6.45, 7) is 4.21. The molecule has 0 saturated carbocycles. The van der Waals surface area contributed by atoms with Crippen LogP contribution in [0.25, 0.3) is 10.9 Å². The zero-order valence-electron chi connectivity index (χ0n) is 12.2. The maximum Gasteiger partial charge on any atom is 0.317 e.